The number of rotatable bonds is 4. The van der Waals surface area contributed by atoms with Crippen molar-refractivity contribution < 1.29 is 19.1 Å². The molecule has 0 spiro atoms. The van der Waals surface area contributed by atoms with Crippen LogP contribution in [0.2, 0.25) is 0 Å². The summed E-state index contributed by atoms with van der Waals surface area (Å²) < 4.78 is 9.56. The van der Waals surface area contributed by atoms with Gasteiger partial charge in [0, 0.05) is 5.69 Å². The molecule has 6 heteroatoms. The van der Waals surface area contributed by atoms with E-state index >= 15 is 0 Å². The van der Waals surface area contributed by atoms with E-state index < -0.39 is 18.1 Å². The zero-order chi connectivity index (χ0) is 15.3. The molecule has 6 nitrogen and oxygen atoms in total. The number of nitrogens with zero attached hydrogens (tertiary/aromatic N) is 2. The zero-order valence-electron chi connectivity index (χ0n) is 12.4. The number of methoxy groups -OCH3 is 2. The molecule has 0 aliphatic rings. The predicted molar refractivity (Wildman–Crippen MR) is 74.5 cm³/mol. The Balaban J connectivity index is 3.30. The first kappa shape index (κ1) is 15.9. The van der Waals surface area contributed by atoms with Crippen LogP contribution in [0.3, 0.4) is 0 Å². The van der Waals surface area contributed by atoms with E-state index in [9.17, 15) is 9.59 Å². The average molecular weight is 280 g/mol. The fourth-order valence-corrected chi connectivity index (χ4v) is 1.91. The SMILES string of the molecule is COC(=O)[C@H](C(C)C)N(C(=O)OC)c1cccc(C)n1. The van der Waals surface area contributed by atoms with Gasteiger partial charge in [0.1, 0.15) is 11.9 Å². The lowest BCUT2D eigenvalue weighted by Crippen LogP contribution is -2.49. The zero-order valence-corrected chi connectivity index (χ0v) is 12.4. The maximum Gasteiger partial charge on any atom is 0.416 e. The van der Waals surface area contributed by atoms with Gasteiger partial charge in [0.15, 0.2) is 0 Å². The summed E-state index contributed by atoms with van der Waals surface area (Å²) in [4.78, 5) is 29.5. The Morgan fingerprint density at radius 1 is 1.20 bits per heavy atom. The lowest BCUT2D eigenvalue weighted by atomic mass is 10.0. The van der Waals surface area contributed by atoms with Gasteiger partial charge in [-0.2, -0.15) is 0 Å². The quantitative estimate of drug-likeness (QED) is 0.790. The number of carbonyl (C=O) groups excluding carboxylic acids is 2. The molecule has 1 aromatic heterocycles. The van der Waals surface area contributed by atoms with Gasteiger partial charge in [0.05, 0.1) is 14.2 Å². The average Bonchev–Trinajstić information content (AvgIpc) is 2.42. The van der Waals surface area contributed by atoms with Crippen molar-refractivity contribution in [1.82, 2.24) is 4.98 Å². The maximum absolute atomic E-state index is 12.0. The Morgan fingerprint density at radius 2 is 1.85 bits per heavy atom. The molecule has 0 unspecified atom stereocenters. The molecule has 0 saturated carbocycles. The fraction of sp³-hybridized carbons (Fsp3) is 0.500. The van der Waals surface area contributed by atoms with Gasteiger partial charge in [-0.05, 0) is 25.0 Å². The summed E-state index contributed by atoms with van der Waals surface area (Å²) in [5, 5.41) is 0. The second-order valence-corrected chi connectivity index (χ2v) is 4.69. The number of ether oxygens (including phenoxy) is 2. The molecule has 0 bridgehead atoms. The molecule has 1 rings (SSSR count). The molecule has 0 N–H and O–H groups in total. The van der Waals surface area contributed by atoms with Crippen LogP contribution >= 0.6 is 0 Å². The van der Waals surface area contributed by atoms with Crippen molar-refractivity contribution >= 4 is 17.9 Å². The van der Waals surface area contributed by atoms with Crippen molar-refractivity contribution in [3.63, 3.8) is 0 Å². The molecule has 1 aromatic rings. The van der Waals surface area contributed by atoms with Crippen molar-refractivity contribution in [3.8, 4) is 0 Å². The van der Waals surface area contributed by atoms with E-state index in [-0.39, 0.29) is 5.92 Å². The smallest absolute Gasteiger partial charge is 0.416 e. The third-order valence-corrected chi connectivity index (χ3v) is 2.84. The minimum absolute atomic E-state index is 0.149. The Kier molecular flexibility index (Phi) is 5.49. The number of hydrogen-bond donors (Lipinski definition) is 0. The second kappa shape index (κ2) is 6.88. The number of anilines is 1. The van der Waals surface area contributed by atoms with E-state index in [0.29, 0.717) is 5.82 Å². The van der Waals surface area contributed by atoms with Crippen molar-refractivity contribution in [3.05, 3.63) is 23.9 Å². The molecule has 0 aliphatic heterocycles. The molecule has 0 fully saturated rings. The van der Waals surface area contributed by atoms with Gasteiger partial charge in [-0.1, -0.05) is 19.9 Å². The molecule has 1 heterocycles. The van der Waals surface area contributed by atoms with Crippen LogP contribution in [-0.2, 0) is 14.3 Å². The summed E-state index contributed by atoms with van der Waals surface area (Å²) in [5.74, 6) is -0.293. The van der Waals surface area contributed by atoms with E-state index in [0.717, 1.165) is 5.69 Å². The summed E-state index contributed by atoms with van der Waals surface area (Å²) in [6.45, 7) is 5.46. The third kappa shape index (κ3) is 3.46. The van der Waals surface area contributed by atoms with Crippen molar-refractivity contribution in [2.24, 2.45) is 5.92 Å². The number of carbonyl (C=O) groups is 2. The molecule has 1 amide bonds. The highest BCUT2D eigenvalue weighted by Gasteiger charge is 2.36. The van der Waals surface area contributed by atoms with Crippen LogP contribution in [0.4, 0.5) is 10.6 Å². The molecule has 110 valence electrons. The van der Waals surface area contributed by atoms with Crippen molar-refractivity contribution in [1.29, 1.82) is 0 Å². The van der Waals surface area contributed by atoms with Gasteiger partial charge in [0.25, 0.3) is 0 Å². The number of amides is 1. The van der Waals surface area contributed by atoms with Gasteiger partial charge in [-0.3, -0.25) is 0 Å². The van der Waals surface area contributed by atoms with Crippen LogP contribution in [-0.4, -0.2) is 37.3 Å². The summed E-state index contributed by atoms with van der Waals surface area (Å²) in [6.07, 6.45) is -0.646. The summed E-state index contributed by atoms with van der Waals surface area (Å²) >= 11 is 0. The third-order valence-electron chi connectivity index (χ3n) is 2.84. The van der Waals surface area contributed by atoms with Gasteiger partial charge in [-0.25, -0.2) is 19.5 Å². The maximum atomic E-state index is 12.0. The molecule has 0 aromatic carbocycles. The highest BCUT2D eigenvalue weighted by Crippen LogP contribution is 2.21. The van der Waals surface area contributed by atoms with Gasteiger partial charge in [0.2, 0.25) is 0 Å². The normalized spacial score (nSPS) is 11.9. The number of hydrogen-bond acceptors (Lipinski definition) is 5. The molecular weight excluding hydrogens is 260 g/mol. The molecule has 0 saturated heterocycles. The molecule has 0 radical (unpaired) electrons. The molecule has 20 heavy (non-hydrogen) atoms. The van der Waals surface area contributed by atoms with Gasteiger partial charge < -0.3 is 9.47 Å². The largest absolute Gasteiger partial charge is 0.467 e. The van der Waals surface area contributed by atoms with Crippen molar-refractivity contribution in [2.45, 2.75) is 26.8 Å². The number of aryl methyl sites for hydroxylation is 1. The number of esters is 1. The highest BCUT2D eigenvalue weighted by atomic mass is 16.5. The van der Waals surface area contributed by atoms with E-state index in [4.69, 9.17) is 9.47 Å². The minimum Gasteiger partial charge on any atom is -0.467 e. The van der Waals surface area contributed by atoms with Crippen LogP contribution in [0.25, 0.3) is 0 Å². The monoisotopic (exact) mass is 280 g/mol. The van der Waals surface area contributed by atoms with E-state index in [2.05, 4.69) is 4.98 Å². The summed E-state index contributed by atoms with van der Waals surface area (Å²) in [6, 6.07) is 4.44. The van der Waals surface area contributed by atoms with Crippen LogP contribution in [0.5, 0.6) is 0 Å². The molecule has 1 atom stereocenters. The van der Waals surface area contributed by atoms with Crippen LogP contribution in [0.15, 0.2) is 18.2 Å². The minimum atomic E-state index is -0.790. The van der Waals surface area contributed by atoms with Gasteiger partial charge >= 0.3 is 12.1 Å². The van der Waals surface area contributed by atoms with E-state index in [1.807, 2.05) is 26.8 Å². The molecule has 0 aliphatic carbocycles. The fourth-order valence-electron chi connectivity index (χ4n) is 1.91. The lowest BCUT2D eigenvalue weighted by molar-refractivity contribution is -0.143. The first-order valence-corrected chi connectivity index (χ1v) is 6.31. The Morgan fingerprint density at radius 3 is 2.30 bits per heavy atom. The van der Waals surface area contributed by atoms with E-state index in [1.165, 1.54) is 19.1 Å². The first-order chi connectivity index (χ1) is 9.42. The van der Waals surface area contributed by atoms with Crippen molar-refractivity contribution in [2.75, 3.05) is 19.1 Å². The Labute approximate surface area is 118 Å². The van der Waals surface area contributed by atoms with Crippen LogP contribution < -0.4 is 4.90 Å². The Hall–Kier alpha value is -2.11. The van der Waals surface area contributed by atoms with Crippen LogP contribution in [0.1, 0.15) is 19.5 Å². The summed E-state index contributed by atoms with van der Waals surface area (Å²) in [5.41, 5.74) is 0.740. The van der Waals surface area contributed by atoms with E-state index in [1.54, 1.807) is 12.1 Å². The molecular formula is C14H20N2O4. The second-order valence-electron chi connectivity index (χ2n) is 4.69. The topological polar surface area (TPSA) is 68.7 Å². The first-order valence-electron chi connectivity index (χ1n) is 6.31. The Bertz CT molecular complexity index is 488. The summed E-state index contributed by atoms with van der Waals surface area (Å²) in [7, 11) is 2.55. The number of pyridine rings is 1. The highest BCUT2D eigenvalue weighted by molar-refractivity contribution is 5.94. The lowest BCUT2D eigenvalue weighted by Gasteiger charge is -2.30. The van der Waals surface area contributed by atoms with Crippen LogP contribution in [0, 0.1) is 12.8 Å². The predicted octanol–water partition coefficient (Wildman–Crippen LogP) is 2.16. The standard InChI is InChI=1S/C14H20N2O4/c1-9(2)12(13(17)19-4)16(14(18)20-5)11-8-6-7-10(3)15-11/h6-9,12H,1-5H3/t12-/m0/s1. The van der Waals surface area contributed by atoms with Gasteiger partial charge in [-0.15, -0.1) is 0 Å². The number of aromatic nitrogens is 1.